The normalized spacial score (nSPS) is 10.3. The van der Waals surface area contributed by atoms with Crippen LogP contribution in [0.4, 0.5) is 0 Å². The Morgan fingerprint density at radius 1 is 0.750 bits per heavy atom. The van der Waals surface area contributed by atoms with Crippen LogP contribution in [0.15, 0.2) is 79.4 Å². The minimum absolute atomic E-state index is 0.270. The number of rotatable bonds is 15. The van der Waals surface area contributed by atoms with Gasteiger partial charge in [0.05, 0.1) is 31.5 Å². The molecular weight excluding hydrogens is 512 g/mol. The molecule has 3 aromatic carbocycles. The van der Waals surface area contributed by atoms with Gasteiger partial charge in [-0.05, 0) is 85.8 Å². The summed E-state index contributed by atoms with van der Waals surface area (Å²) < 4.78 is 26.9. The molecule has 8 nitrogen and oxygen atoms in total. The zero-order valence-corrected chi connectivity index (χ0v) is 22.9. The zero-order chi connectivity index (χ0) is 28.7. The summed E-state index contributed by atoms with van der Waals surface area (Å²) in [7, 11) is 1.48. The van der Waals surface area contributed by atoms with Crippen LogP contribution >= 0.6 is 0 Å². The molecule has 0 spiro atoms. The minimum atomic E-state index is -0.590. The summed E-state index contributed by atoms with van der Waals surface area (Å²) in [5, 5.41) is 0. The van der Waals surface area contributed by atoms with Gasteiger partial charge in [0.2, 0.25) is 0 Å². The molecule has 0 aliphatic carbocycles. The molecule has 0 N–H and O–H groups in total. The predicted molar refractivity (Wildman–Crippen MR) is 150 cm³/mol. The van der Waals surface area contributed by atoms with Gasteiger partial charge in [-0.15, -0.1) is 0 Å². The van der Waals surface area contributed by atoms with E-state index in [0.717, 1.165) is 25.3 Å². The van der Waals surface area contributed by atoms with Crippen molar-refractivity contribution in [3.63, 3.8) is 0 Å². The number of methoxy groups -OCH3 is 1. The molecule has 0 heterocycles. The van der Waals surface area contributed by atoms with Crippen LogP contribution < -0.4 is 18.9 Å². The predicted octanol–water partition coefficient (Wildman–Crippen LogP) is 6.36. The van der Waals surface area contributed by atoms with E-state index < -0.39 is 17.9 Å². The van der Waals surface area contributed by atoms with Crippen LogP contribution in [0.5, 0.6) is 23.0 Å². The Labute approximate surface area is 234 Å². The van der Waals surface area contributed by atoms with E-state index in [1.807, 2.05) is 12.1 Å². The quantitative estimate of drug-likeness (QED) is 0.0940. The molecular formula is C32H34O8. The number of esters is 3. The third kappa shape index (κ3) is 9.31. The monoisotopic (exact) mass is 546 g/mol. The Balaban J connectivity index is 1.50. The van der Waals surface area contributed by atoms with Crippen LogP contribution in [0.3, 0.4) is 0 Å². The van der Waals surface area contributed by atoms with E-state index in [4.69, 9.17) is 23.7 Å². The summed E-state index contributed by atoms with van der Waals surface area (Å²) >= 11 is 0. The first-order valence-corrected chi connectivity index (χ1v) is 13.2. The molecule has 0 radical (unpaired) electrons. The lowest BCUT2D eigenvalue weighted by atomic mass is 10.1. The second-order valence-electron chi connectivity index (χ2n) is 8.84. The Kier molecular flexibility index (Phi) is 11.8. The lowest BCUT2D eigenvalue weighted by Gasteiger charge is -2.12. The average molecular weight is 547 g/mol. The van der Waals surface area contributed by atoms with Gasteiger partial charge in [-0.1, -0.05) is 32.1 Å². The van der Waals surface area contributed by atoms with Gasteiger partial charge in [0, 0.05) is 6.08 Å². The van der Waals surface area contributed by atoms with E-state index >= 15 is 0 Å². The fourth-order valence-corrected chi connectivity index (χ4v) is 3.63. The van der Waals surface area contributed by atoms with Crippen LogP contribution in [0, 0.1) is 0 Å². The SMILES string of the molecule is C=CC(=O)OCCCCOc1ccc(C(=O)Oc2ccc(C(=O)Oc3ccc(CCCC)cc3)cc2)cc1OC. The molecule has 0 saturated carbocycles. The molecule has 40 heavy (non-hydrogen) atoms. The molecule has 0 atom stereocenters. The van der Waals surface area contributed by atoms with Gasteiger partial charge in [-0.25, -0.2) is 14.4 Å². The first-order chi connectivity index (χ1) is 19.4. The van der Waals surface area contributed by atoms with Crippen LogP contribution in [0.2, 0.25) is 0 Å². The van der Waals surface area contributed by atoms with Crippen molar-refractivity contribution in [3.8, 4) is 23.0 Å². The van der Waals surface area contributed by atoms with Gasteiger partial charge in [-0.2, -0.15) is 0 Å². The van der Waals surface area contributed by atoms with Crippen molar-refractivity contribution in [1.82, 2.24) is 0 Å². The van der Waals surface area contributed by atoms with Gasteiger partial charge in [-0.3, -0.25) is 0 Å². The molecule has 3 rings (SSSR count). The van der Waals surface area contributed by atoms with Crippen LogP contribution in [0.25, 0.3) is 0 Å². The Hall–Kier alpha value is -4.59. The maximum absolute atomic E-state index is 12.7. The van der Waals surface area contributed by atoms with E-state index in [-0.39, 0.29) is 17.9 Å². The second kappa shape index (κ2) is 15.7. The van der Waals surface area contributed by atoms with Crippen LogP contribution in [-0.4, -0.2) is 38.2 Å². The fourth-order valence-electron chi connectivity index (χ4n) is 3.63. The Morgan fingerprint density at radius 2 is 1.35 bits per heavy atom. The second-order valence-corrected chi connectivity index (χ2v) is 8.84. The number of carbonyl (C=O) groups is 3. The molecule has 0 amide bonds. The summed E-state index contributed by atoms with van der Waals surface area (Å²) in [6.07, 6.45) is 5.64. The average Bonchev–Trinajstić information content (AvgIpc) is 2.98. The topological polar surface area (TPSA) is 97.4 Å². The number of carbonyl (C=O) groups excluding carboxylic acids is 3. The molecule has 0 unspecified atom stereocenters. The number of benzene rings is 3. The Morgan fingerprint density at radius 3 is 1.98 bits per heavy atom. The van der Waals surface area contributed by atoms with Crippen molar-refractivity contribution >= 4 is 17.9 Å². The van der Waals surface area contributed by atoms with Gasteiger partial charge in [0.15, 0.2) is 11.5 Å². The first-order valence-electron chi connectivity index (χ1n) is 13.2. The van der Waals surface area contributed by atoms with Crippen molar-refractivity contribution in [2.45, 2.75) is 39.0 Å². The van der Waals surface area contributed by atoms with E-state index in [1.54, 1.807) is 24.3 Å². The maximum Gasteiger partial charge on any atom is 0.343 e. The number of aryl methyl sites for hydroxylation is 1. The summed E-state index contributed by atoms with van der Waals surface area (Å²) in [6.45, 7) is 6.15. The fraction of sp³-hybridized carbons (Fsp3) is 0.281. The molecule has 0 aliphatic rings. The van der Waals surface area contributed by atoms with E-state index in [2.05, 4.69) is 13.5 Å². The van der Waals surface area contributed by atoms with Crippen LogP contribution in [-0.2, 0) is 16.0 Å². The molecule has 3 aromatic rings. The number of ether oxygens (including phenoxy) is 5. The summed E-state index contributed by atoms with van der Waals surface area (Å²) in [5.41, 5.74) is 1.80. The van der Waals surface area contributed by atoms with Crippen molar-refractivity contribution in [3.05, 3.63) is 96.1 Å². The van der Waals surface area contributed by atoms with Gasteiger partial charge in [0.25, 0.3) is 0 Å². The van der Waals surface area contributed by atoms with E-state index in [1.165, 1.54) is 43.0 Å². The molecule has 0 fully saturated rings. The smallest absolute Gasteiger partial charge is 0.343 e. The van der Waals surface area contributed by atoms with Crippen LogP contribution in [0.1, 0.15) is 58.9 Å². The van der Waals surface area contributed by atoms with Gasteiger partial charge in [0.1, 0.15) is 11.5 Å². The standard InChI is InChI=1S/C32H34O8/c1-4-6-9-23-10-15-26(16-11-23)39-31(34)24-12-17-27(18-13-24)40-32(35)25-14-19-28(29(22-25)36-3)37-20-7-8-21-38-30(33)5-2/h5,10-19,22H,2,4,6-9,20-21H2,1,3H3. The molecule has 0 bridgehead atoms. The molecule has 0 aromatic heterocycles. The van der Waals surface area contributed by atoms with Crippen molar-refractivity contribution in [2.75, 3.05) is 20.3 Å². The number of unbranched alkanes of at least 4 members (excludes halogenated alkanes) is 2. The number of hydrogen-bond acceptors (Lipinski definition) is 8. The van der Waals surface area contributed by atoms with E-state index in [9.17, 15) is 14.4 Å². The zero-order valence-electron chi connectivity index (χ0n) is 22.9. The molecule has 210 valence electrons. The largest absolute Gasteiger partial charge is 0.493 e. The third-order valence-electron chi connectivity index (χ3n) is 5.86. The number of hydrogen-bond donors (Lipinski definition) is 0. The summed E-state index contributed by atoms with van der Waals surface area (Å²) in [5.74, 6) is 0.0475. The molecule has 8 heteroatoms. The third-order valence-corrected chi connectivity index (χ3v) is 5.86. The highest BCUT2D eigenvalue weighted by Gasteiger charge is 2.15. The summed E-state index contributed by atoms with van der Waals surface area (Å²) in [6, 6.07) is 18.4. The van der Waals surface area contributed by atoms with Crippen molar-refractivity contribution in [2.24, 2.45) is 0 Å². The van der Waals surface area contributed by atoms with Gasteiger partial charge < -0.3 is 23.7 Å². The highest BCUT2D eigenvalue weighted by atomic mass is 16.5. The Bertz CT molecular complexity index is 1280. The first kappa shape index (κ1) is 30.0. The van der Waals surface area contributed by atoms with Crippen molar-refractivity contribution in [1.29, 1.82) is 0 Å². The van der Waals surface area contributed by atoms with E-state index in [0.29, 0.717) is 42.3 Å². The van der Waals surface area contributed by atoms with Gasteiger partial charge >= 0.3 is 17.9 Å². The lowest BCUT2D eigenvalue weighted by Crippen LogP contribution is -2.11. The molecule has 0 aliphatic heterocycles. The lowest BCUT2D eigenvalue weighted by molar-refractivity contribution is -0.137. The minimum Gasteiger partial charge on any atom is -0.493 e. The highest BCUT2D eigenvalue weighted by molar-refractivity contribution is 5.93. The highest BCUT2D eigenvalue weighted by Crippen LogP contribution is 2.29. The summed E-state index contributed by atoms with van der Waals surface area (Å²) in [4.78, 5) is 36.3. The van der Waals surface area contributed by atoms with Crippen molar-refractivity contribution < 1.29 is 38.1 Å². The molecule has 0 saturated heterocycles. The maximum atomic E-state index is 12.7.